The topological polar surface area (TPSA) is 15.3 Å². The molecule has 3 atom stereocenters. The van der Waals surface area contributed by atoms with E-state index in [0.29, 0.717) is 6.04 Å². The fourth-order valence-electron chi connectivity index (χ4n) is 2.89. The average molecular weight is 274 g/mol. The van der Waals surface area contributed by atoms with Crippen LogP contribution in [0.2, 0.25) is 0 Å². The summed E-state index contributed by atoms with van der Waals surface area (Å²) in [4.78, 5) is 2.40. The highest BCUT2D eigenvalue weighted by atomic mass is 15.1. The van der Waals surface area contributed by atoms with Gasteiger partial charge in [0.25, 0.3) is 0 Å². The largest absolute Gasteiger partial charge is 0.374 e. The Morgan fingerprint density at radius 2 is 1.90 bits per heavy atom. The molecule has 0 bridgehead atoms. The number of nitrogens with zero attached hydrogens (tertiary/aromatic N) is 1. The summed E-state index contributed by atoms with van der Waals surface area (Å²) >= 11 is 0. The van der Waals surface area contributed by atoms with Crippen molar-refractivity contribution in [2.75, 3.05) is 25.0 Å². The molecule has 2 rings (SSSR count). The van der Waals surface area contributed by atoms with Crippen molar-refractivity contribution in [3.63, 3.8) is 0 Å². The van der Waals surface area contributed by atoms with Crippen LogP contribution in [0.1, 0.15) is 51.6 Å². The van der Waals surface area contributed by atoms with Gasteiger partial charge < -0.3 is 10.2 Å². The van der Waals surface area contributed by atoms with E-state index in [1.807, 2.05) is 0 Å². The Hall–Kier alpha value is -1.02. The lowest BCUT2D eigenvalue weighted by Gasteiger charge is -2.21. The second-order valence-corrected chi connectivity index (χ2v) is 6.36. The third-order valence-corrected chi connectivity index (χ3v) is 4.57. The lowest BCUT2D eigenvalue weighted by molar-refractivity contribution is 0.518. The minimum absolute atomic E-state index is 0.498. The molecule has 1 fully saturated rings. The maximum Gasteiger partial charge on any atom is 0.0363 e. The minimum atomic E-state index is 0.498. The predicted molar refractivity (Wildman–Crippen MR) is 88.3 cm³/mol. The fourth-order valence-corrected chi connectivity index (χ4v) is 2.89. The molecule has 1 aliphatic carbocycles. The van der Waals surface area contributed by atoms with Gasteiger partial charge in [0.1, 0.15) is 0 Å². The molecule has 1 saturated carbocycles. The normalized spacial score (nSPS) is 22.6. The van der Waals surface area contributed by atoms with Crippen LogP contribution in [0.25, 0.3) is 0 Å². The molecule has 20 heavy (non-hydrogen) atoms. The summed E-state index contributed by atoms with van der Waals surface area (Å²) in [6.45, 7) is 9.12. The van der Waals surface area contributed by atoms with Crippen LogP contribution in [0.15, 0.2) is 24.3 Å². The van der Waals surface area contributed by atoms with Gasteiger partial charge in [-0.15, -0.1) is 0 Å². The van der Waals surface area contributed by atoms with Crippen LogP contribution in [0.5, 0.6) is 0 Å². The Kier molecular flexibility index (Phi) is 5.47. The first-order valence-electron chi connectivity index (χ1n) is 8.20. The zero-order chi connectivity index (χ0) is 14.5. The third-order valence-electron chi connectivity index (χ3n) is 4.57. The van der Waals surface area contributed by atoms with Crippen LogP contribution in [0, 0.1) is 11.8 Å². The van der Waals surface area contributed by atoms with Crippen molar-refractivity contribution in [2.24, 2.45) is 11.8 Å². The van der Waals surface area contributed by atoms with Gasteiger partial charge in [0.2, 0.25) is 0 Å². The van der Waals surface area contributed by atoms with Crippen molar-refractivity contribution < 1.29 is 0 Å². The zero-order valence-corrected chi connectivity index (χ0v) is 13.5. The van der Waals surface area contributed by atoms with Crippen molar-refractivity contribution in [1.29, 1.82) is 0 Å². The summed E-state index contributed by atoms with van der Waals surface area (Å²) in [6, 6.07) is 9.63. The summed E-state index contributed by atoms with van der Waals surface area (Å²) in [5.74, 6) is 1.84. The highest BCUT2D eigenvalue weighted by Crippen LogP contribution is 2.38. The molecule has 1 aromatic rings. The van der Waals surface area contributed by atoms with E-state index < -0.39 is 0 Å². The second-order valence-electron chi connectivity index (χ2n) is 6.36. The van der Waals surface area contributed by atoms with E-state index in [0.717, 1.165) is 24.8 Å². The van der Waals surface area contributed by atoms with E-state index in [1.54, 1.807) is 0 Å². The Balaban J connectivity index is 1.93. The first kappa shape index (κ1) is 15.4. The molecule has 0 saturated heterocycles. The van der Waals surface area contributed by atoms with Gasteiger partial charge in [0.05, 0.1) is 0 Å². The van der Waals surface area contributed by atoms with Gasteiger partial charge in [-0.3, -0.25) is 0 Å². The summed E-state index contributed by atoms with van der Waals surface area (Å²) in [5.41, 5.74) is 2.76. The van der Waals surface area contributed by atoms with Crippen molar-refractivity contribution in [1.82, 2.24) is 5.32 Å². The Morgan fingerprint density at radius 1 is 1.25 bits per heavy atom. The molecular formula is C18H30N2. The third kappa shape index (κ3) is 3.99. The molecule has 0 aliphatic heterocycles. The van der Waals surface area contributed by atoms with Crippen LogP contribution in [0.4, 0.5) is 5.69 Å². The van der Waals surface area contributed by atoms with Crippen molar-refractivity contribution in [2.45, 2.75) is 46.1 Å². The molecule has 0 radical (unpaired) electrons. The lowest BCUT2D eigenvalue weighted by atomic mass is 10.0. The zero-order valence-electron chi connectivity index (χ0n) is 13.5. The SMILES string of the molecule is CCCNC(CC)c1ccc(N(C)CC2CC2C)cc1. The van der Waals surface area contributed by atoms with Crippen molar-refractivity contribution >= 4 is 5.69 Å². The first-order chi connectivity index (χ1) is 9.65. The molecule has 3 unspecified atom stereocenters. The van der Waals surface area contributed by atoms with E-state index in [9.17, 15) is 0 Å². The second kappa shape index (κ2) is 7.12. The molecule has 2 heteroatoms. The molecule has 0 aromatic heterocycles. The Morgan fingerprint density at radius 3 is 2.40 bits per heavy atom. The standard InChI is InChI=1S/C18H30N2/c1-5-11-19-18(6-2)15-7-9-17(10-8-15)20(4)13-16-12-14(16)3/h7-10,14,16,18-19H,5-6,11-13H2,1-4H3. The molecule has 2 nitrogen and oxygen atoms in total. The van der Waals surface area contributed by atoms with Gasteiger partial charge in [-0.25, -0.2) is 0 Å². The minimum Gasteiger partial charge on any atom is -0.374 e. The van der Waals surface area contributed by atoms with Crippen molar-refractivity contribution in [3.05, 3.63) is 29.8 Å². The molecule has 1 N–H and O–H groups in total. The quantitative estimate of drug-likeness (QED) is 0.763. The van der Waals surface area contributed by atoms with Crippen LogP contribution < -0.4 is 10.2 Å². The van der Waals surface area contributed by atoms with E-state index in [1.165, 1.54) is 30.6 Å². The highest BCUT2D eigenvalue weighted by molar-refractivity contribution is 5.47. The first-order valence-corrected chi connectivity index (χ1v) is 8.20. The fraction of sp³-hybridized carbons (Fsp3) is 0.667. The van der Waals surface area contributed by atoms with Crippen LogP contribution in [-0.4, -0.2) is 20.1 Å². The number of hydrogen-bond donors (Lipinski definition) is 1. The average Bonchev–Trinajstić information content (AvgIpc) is 3.15. The van der Waals surface area contributed by atoms with Gasteiger partial charge in [-0.2, -0.15) is 0 Å². The molecule has 0 amide bonds. The lowest BCUT2D eigenvalue weighted by Crippen LogP contribution is -2.22. The van der Waals surface area contributed by atoms with E-state index in [-0.39, 0.29) is 0 Å². The molecule has 0 heterocycles. The van der Waals surface area contributed by atoms with Gasteiger partial charge in [-0.1, -0.05) is 32.9 Å². The van der Waals surface area contributed by atoms with E-state index >= 15 is 0 Å². The smallest absolute Gasteiger partial charge is 0.0363 e. The van der Waals surface area contributed by atoms with Crippen LogP contribution in [-0.2, 0) is 0 Å². The molecule has 112 valence electrons. The van der Waals surface area contributed by atoms with E-state index in [2.05, 4.69) is 62.3 Å². The van der Waals surface area contributed by atoms with Gasteiger partial charge >= 0.3 is 0 Å². The molecular weight excluding hydrogens is 244 g/mol. The number of nitrogens with one attached hydrogen (secondary N) is 1. The number of hydrogen-bond acceptors (Lipinski definition) is 2. The van der Waals surface area contributed by atoms with Gasteiger partial charge in [0, 0.05) is 25.3 Å². The number of rotatable bonds is 8. The maximum absolute atomic E-state index is 3.62. The highest BCUT2D eigenvalue weighted by Gasteiger charge is 2.33. The summed E-state index contributed by atoms with van der Waals surface area (Å²) < 4.78 is 0. The Labute approximate surface area is 124 Å². The molecule has 1 aliphatic rings. The number of benzene rings is 1. The van der Waals surface area contributed by atoms with Crippen LogP contribution >= 0.6 is 0 Å². The summed E-state index contributed by atoms with van der Waals surface area (Å²) in [6.07, 6.45) is 3.74. The van der Waals surface area contributed by atoms with Crippen molar-refractivity contribution in [3.8, 4) is 0 Å². The Bertz CT molecular complexity index is 398. The summed E-state index contributed by atoms with van der Waals surface area (Å²) in [5, 5.41) is 3.62. The molecule has 0 spiro atoms. The van der Waals surface area contributed by atoms with Crippen LogP contribution in [0.3, 0.4) is 0 Å². The molecule has 1 aromatic carbocycles. The summed E-state index contributed by atoms with van der Waals surface area (Å²) in [7, 11) is 2.21. The maximum atomic E-state index is 3.62. The van der Waals surface area contributed by atoms with Gasteiger partial charge in [-0.05, 0) is 55.3 Å². The number of anilines is 1. The van der Waals surface area contributed by atoms with Gasteiger partial charge in [0.15, 0.2) is 0 Å². The van der Waals surface area contributed by atoms with E-state index in [4.69, 9.17) is 0 Å². The predicted octanol–water partition coefficient (Wildman–Crippen LogP) is 4.23. The monoisotopic (exact) mass is 274 g/mol.